The molecule has 37 heavy (non-hydrogen) atoms. The van der Waals surface area contributed by atoms with Crippen molar-refractivity contribution < 1.29 is 53.9 Å². The lowest BCUT2D eigenvalue weighted by Crippen LogP contribution is -2.53. The lowest BCUT2D eigenvalue weighted by atomic mass is 10.0. The third-order valence-electron chi connectivity index (χ3n) is 5.59. The lowest BCUT2D eigenvalue weighted by molar-refractivity contribution is -0.222. The molecule has 1 fully saturated rings. The SMILES string of the molecule is Cc1cnccc1[C@@H](C)N1C(=O)N(c2ccc(S(=O)(=O)C(F)(F)F)cc2)C(=O)[C@@]1(C)OC(=O)C(F)(F)F. The van der Waals surface area contributed by atoms with Crippen molar-refractivity contribution in [3.05, 3.63) is 53.9 Å². The molecule has 0 saturated carbocycles. The Labute approximate surface area is 205 Å². The van der Waals surface area contributed by atoms with Gasteiger partial charge in [0.1, 0.15) is 0 Å². The van der Waals surface area contributed by atoms with Gasteiger partial charge in [0.15, 0.2) is 0 Å². The van der Waals surface area contributed by atoms with E-state index in [1.54, 1.807) is 6.92 Å². The van der Waals surface area contributed by atoms with E-state index in [-0.39, 0.29) is 4.90 Å². The molecular formula is C21H17F6N3O6S. The molecule has 1 aromatic carbocycles. The van der Waals surface area contributed by atoms with Crippen LogP contribution >= 0.6 is 0 Å². The molecule has 0 aliphatic carbocycles. The second-order valence-corrected chi connectivity index (χ2v) is 9.96. The summed E-state index contributed by atoms with van der Waals surface area (Å²) in [4.78, 5) is 41.9. The van der Waals surface area contributed by atoms with E-state index in [2.05, 4.69) is 9.72 Å². The van der Waals surface area contributed by atoms with Gasteiger partial charge in [-0.2, -0.15) is 26.3 Å². The van der Waals surface area contributed by atoms with Crippen molar-refractivity contribution in [3.63, 3.8) is 0 Å². The summed E-state index contributed by atoms with van der Waals surface area (Å²) in [5, 5.41) is 0. The molecule has 0 bridgehead atoms. The zero-order valence-corrected chi connectivity index (χ0v) is 19.9. The summed E-state index contributed by atoms with van der Waals surface area (Å²) < 4.78 is 105. The standard InChI is InChI=1S/C21H17F6N3O6S/c1-11-10-28-9-8-15(11)12(2)30-18(33)29(16(31)19(30,3)36-17(32)20(22,23)24)13-4-6-14(7-5-13)37(34,35)21(25,26)27/h4-10,12H,1-3H3/t12-,19-/m1/s1. The molecule has 2 aromatic rings. The molecule has 1 saturated heterocycles. The highest BCUT2D eigenvalue weighted by Gasteiger charge is 2.62. The summed E-state index contributed by atoms with van der Waals surface area (Å²) in [7, 11) is -5.76. The maximum absolute atomic E-state index is 13.4. The quantitative estimate of drug-likeness (QED) is 0.312. The molecule has 0 N–H and O–H groups in total. The first-order valence-electron chi connectivity index (χ1n) is 10.1. The fraction of sp³-hybridized carbons (Fsp3) is 0.333. The van der Waals surface area contributed by atoms with Crippen LogP contribution in [0.2, 0.25) is 0 Å². The highest BCUT2D eigenvalue weighted by molar-refractivity contribution is 7.92. The van der Waals surface area contributed by atoms with Crippen LogP contribution in [0.5, 0.6) is 0 Å². The lowest BCUT2D eigenvalue weighted by Gasteiger charge is -2.36. The summed E-state index contributed by atoms with van der Waals surface area (Å²) in [5.41, 5.74) is -8.15. The van der Waals surface area contributed by atoms with Gasteiger partial charge in [-0.25, -0.2) is 22.9 Å². The minimum atomic E-state index is -5.76. The van der Waals surface area contributed by atoms with Crippen LogP contribution in [0.4, 0.5) is 36.8 Å². The van der Waals surface area contributed by atoms with Crippen LogP contribution in [0.15, 0.2) is 47.6 Å². The maximum Gasteiger partial charge on any atom is 0.501 e. The molecule has 0 spiro atoms. The Balaban J connectivity index is 2.12. The summed E-state index contributed by atoms with van der Waals surface area (Å²) >= 11 is 0. The number of amides is 3. The number of ether oxygens (including phenoxy) is 1. The van der Waals surface area contributed by atoms with Gasteiger partial charge in [0.05, 0.1) is 16.6 Å². The minimum Gasteiger partial charge on any atom is -0.423 e. The molecule has 3 rings (SSSR count). The second-order valence-electron chi connectivity index (χ2n) is 8.01. The first-order valence-corrected chi connectivity index (χ1v) is 11.6. The van der Waals surface area contributed by atoms with Crippen molar-refractivity contribution in [1.82, 2.24) is 9.88 Å². The average molecular weight is 553 g/mol. The smallest absolute Gasteiger partial charge is 0.423 e. The molecule has 2 atom stereocenters. The Morgan fingerprint density at radius 1 is 1.05 bits per heavy atom. The minimum absolute atomic E-state index is 0.278. The number of aryl methyl sites for hydroxylation is 1. The molecule has 2 heterocycles. The molecule has 16 heteroatoms. The predicted molar refractivity (Wildman–Crippen MR) is 112 cm³/mol. The molecular weight excluding hydrogens is 536 g/mol. The number of carbonyl (C=O) groups is 3. The van der Waals surface area contributed by atoms with E-state index in [0.29, 0.717) is 40.3 Å². The first-order chi connectivity index (χ1) is 16.8. The van der Waals surface area contributed by atoms with Crippen LogP contribution < -0.4 is 4.90 Å². The van der Waals surface area contributed by atoms with Crippen LogP contribution in [0.1, 0.15) is 31.0 Å². The molecule has 9 nitrogen and oxygen atoms in total. The van der Waals surface area contributed by atoms with Gasteiger partial charge >= 0.3 is 29.6 Å². The van der Waals surface area contributed by atoms with Gasteiger partial charge < -0.3 is 4.74 Å². The number of hydrogen-bond acceptors (Lipinski definition) is 7. The van der Waals surface area contributed by atoms with Crippen LogP contribution in [-0.4, -0.2) is 53.6 Å². The van der Waals surface area contributed by atoms with Crippen molar-refractivity contribution in [3.8, 4) is 0 Å². The third kappa shape index (κ3) is 4.72. The highest BCUT2D eigenvalue weighted by Crippen LogP contribution is 2.41. The number of urea groups is 1. The van der Waals surface area contributed by atoms with E-state index in [0.717, 1.165) is 6.92 Å². The van der Waals surface area contributed by atoms with Crippen molar-refractivity contribution in [2.24, 2.45) is 0 Å². The molecule has 200 valence electrons. The van der Waals surface area contributed by atoms with E-state index >= 15 is 0 Å². The van der Waals surface area contributed by atoms with Gasteiger partial charge in [-0.3, -0.25) is 14.7 Å². The summed E-state index contributed by atoms with van der Waals surface area (Å²) in [5.74, 6) is -4.24. The number of pyridine rings is 1. The fourth-order valence-corrected chi connectivity index (χ4v) is 4.54. The normalized spacial score (nSPS) is 19.8. The van der Waals surface area contributed by atoms with Gasteiger partial charge in [-0.15, -0.1) is 0 Å². The number of benzene rings is 1. The number of aromatic nitrogens is 1. The maximum atomic E-state index is 13.4. The summed E-state index contributed by atoms with van der Waals surface area (Å²) in [6.45, 7) is 3.67. The molecule has 1 aliphatic heterocycles. The van der Waals surface area contributed by atoms with Gasteiger partial charge in [-0.05, 0) is 55.3 Å². The van der Waals surface area contributed by atoms with Crippen molar-refractivity contribution in [2.75, 3.05) is 4.90 Å². The monoisotopic (exact) mass is 553 g/mol. The van der Waals surface area contributed by atoms with E-state index < -0.39 is 61.8 Å². The Bertz CT molecular complexity index is 1360. The molecule has 1 aliphatic rings. The number of sulfone groups is 1. The Morgan fingerprint density at radius 2 is 1.62 bits per heavy atom. The van der Waals surface area contributed by atoms with Gasteiger partial charge in [0, 0.05) is 19.3 Å². The third-order valence-corrected chi connectivity index (χ3v) is 7.09. The Hall–Kier alpha value is -3.69. The van der Waals surface area contributed by atoms with E-state index in [1.807, 2.05) is 0 Å². The van der Waals surface area contributed by atoms with Crippen LogP contribution in [0.25, 0.3) is 0 Å². The number of esters is 1. The molecule has 0 radical (unpaired) electrons. The zero-order valence-electron chi connectivity index (χ0n) is 19.1. The molecule has 3 amide bonds. The number of rotatable bonds is 5. The van der Waals surface area contributed by atoms with E-state index in [9.17, 15) is 49.1 Å². The number of carbonyl (C=O) groups excluding carboxylic acids is 3. The topological polar surface area (TPSA) is 114 Å². The Kier molecular flexibility index (Phi) is 6.79. The van der Waals surface area contributed by atoms with Crippen LogP contribution in [0, 0.1) is 6.92 Å². The van der Waals surface area contributed by atoms with Crippen molar-refractivity contribution in [1.29, 1.82) is 0 Å². The highest BCUT2D eigenvalue weighted by atomic mass is 32.2. The number of hydrogen-bond donors (Lipinski definition) is 0. The zero-order chi connectivity index (χ0) is 28.1. The van der Waals surface area contributed by atoms with E-state index in [4.69, 9.17) is 0 Å². The van der Waals surface area contributed by atoms with Gasteiger partial charge in [-0.1, -0.05) is 0 Å². The van der Waals surface area contributed by atoms with Gasteiger partial charge in [0.2, 0.25) is 0 Å². The number of anilines is 1. The molecule has 0 unspecified atom stereocenters. The van der Waals surface area contributed by atoms with Crippen LogP contribution in [0.3, 0.4) is 0 Å². The fourth-order valence-electron chi connectivity index (χ4n) is 3.78. The van der Waals surface area contributed by atoms with Crippen molar-refractivity contribution >= 4 is 33.4 Å². The van der Waals surface area contributed by atoms with Crippen LogP contribution in [-0.2, 0) is 24.2 Å². The number of alkyl halides is 6. The number of halogens is 6. The number of imide groups is 1. The Morgan fingerprint density at radius 3 is 2.11 bits per heavy atom. The first kappa shape index (κ1) is 27.9. The predicted octanol–water partition coefficient (Wildman–Crippen LogP) is 4.04. The summed E-state index contributed by atoms with van der Waals surface area (Å²) in [6.07, 6.45) is -2.84. The largest absolute Gasteiger partial charge is 0.501 e. The molecule has 1 aromatic heterocycles. The summed E-state index contributed by atoms with van der Waals surface area (Å²) in [6, 6.07) is 1.29. The van der Waals surface area contributed by atoms with E-state index in [1.165, 1.54) is 25.4 Å². The average Bonchev–Trinajstić information content (AvgIpc) is 2.97. The second kappa shape index (κ2) is 9.00. The number of nitrogens with zero attached hydrogens (tertiary/aromatic N) is 3. The van der Waals surface area contributed by atoms with Gasteiger partial charge in [0.25, 0.3) is 15.6 Å². The van der Waals surface area contributed by atoms with Crippen molar-refractivity contribution in [2.45, 2.75) is 49.1 Å².